The Morgan fingerprint density at radius 3 is 1.92 bits per heavy atom. The second-order valence-corrected chi connectivity index (χ2v) is 9.39. The van der Waals surface area contributed by atoms with Gasteiger partial charge in [-0.05, 0) is 0 Å². The number of nitrogens with two attached hydrogens (primary N) is 1. The van der Waals surface area contributed by atoms with E-state index in [2.05, 4.69) is 0 Å². The van der Waals surface area contributed by atoms with Crippen LogP contribution in [0.2, 0.25) is 0 Å². The summed E-state index contributed by atoms with van der Waals surface area (Å²) in [5, 5.41) is 5.10. The van der Waals surface area contributed by atoms with E-state index in [0.717, 1.165) is 13.6 Å². The number of hydrogen-bond acceptors (Lipinski definition) is 5. The molecule has 2 aromatic rings. The summed E-state index contributed by atoms with van der Waals surface area (Å²) < 4.78 is 40.6. The van der Waals surface area contributed by atoms with Crippen LogP contribution in [0.3, 0.4) is 0 Å². The Labute approximate surface area is 152 Å². The number of sulfonamides is 1. The van der Waals surface area contributed by atoms with Crippen LogP contribution in [0.15, 0.2) is 41.3 Å². The number of primary sulfonamides is 1. The molecule has 24 heavy (non-hydrogen) atoms. The summed E-state index contributed by atoms with van der Waals surface area (Å²) in [5.41, 5.74) is 1.07. The van der Waals surface area contributed by atoms with Crippen molar-refractivity contribution in [3.63, 3.8) is 0 Å². The molecule has 0 amide bonds. The monoisotopic (exact) mass is 467 g/mol. The third-order valence-corrected chi connectivity index (χ3v) is 7.21. The zero-order chi connectivity index (χ0) is 17.7. The summed E-state index contributed by atoms with van der Waals surface area (Å²) in [6.07, 6.45) is 0. The maximum atomic E-state index is 11.3. The van der Waals surface area contributed by atoms with Gasteiger partial charge in [0.05, 0.1) is 0 Å². The average molecular weight is 465 g/mol. The Balaban J connectivity index is 2.17. The van der Waals surface area contributed by atoms with Crippen LogP contribution >= 0.6 is 0 Å². The van der Waals surface area contributed by atoms with Crippen molar-refractivity contribution in [3.8, 4) is 17.2 Å². The summed E-state index contributed by atoms with van der Waals surface area (Å²) in [7, 11) is 1.11. The molecular weight excluding hydrogens is 446 g/mol. The van der Waals surface area contributed by atoms with Gasteiger partial charge >= 0.3 is 152 Å². The molecule has 0 saturated carbocycles. The molecule has 0 aromatic heterocycles. The third-order valence-electron chi connectivity index (χ3n) is 3.30. The molecule has 0 bridgehead atoms. The van der Waals surface area contributed by atoms with Crippen molar-refractivity contribution in [3.05, 3.63) is 42.0 Å². The van der Waals surface area contributed by atoms with Crippen LogP contribution in [0.4, 0.5) is 0 Å². The standard InChI is InChI=1S/C16H19NO5STe/c1-20-14-8-13(9-15(21-2)16(14)22-3)24-10-11-4-6-12(7-5-11)23(17,18)19/h4-9H,10H2,1-3H3,(H2,17,18,19). The normalized spacial score (nSPS) is 11.2. The van der Waals surface area contributed by atoms with Crippen LogP contribution in [0.1, 0.15) is 5.56 Å². The van der Waals surface area contributed by atoms with E-state index in [1.54, 1.807) is 33.5 Å². The van der Waals surface area contributed by atoms with E-state index in [9.17, 15) is 8.42 Å². The van der Waals surface area contributed by atoms with Crippen molar-refractivity contribution in [1.82, 2.24) is 0 Å². The van der Waals surface area contributed by atoms with E-state index in [-0.39, 0.29) is 4.90 Å². The number of rotatable bonds is 7. The molecule has 6 nitrogen and oxygen atoms in total. The van der Waals surface area contributed by atoms with Crippen molar-refractivity contribution in [1.29, 1.82) is 0 Å². The Bertz CT molecular complexity index is 781. The zero-order valence-corrected chi connectivity index (χ0v) is 16.8. The molecule has 8 heteroatoms. The topological polar surface area (TPSA) is 87.9 Å². The molecule has 0 radical (unpaired) electrons. The van der Waals surface area contributed by atoms with Gasteiger partial charge < -0.3 is 0 Å². The van der Waals surface area contributed by atoms with Gasteiger partial charge in [-0.1, -0.05) is 0 Å². The first-order chi connectivity index (χ1) is 11.4. The van der Waals surface area contributed by atoms with Gasteiger partial charge in [-0.2, -0.15) is 0 Å². The predicted octanol–water partition coefficient (Wildman–Crippen LogP) is 0.889. The van der Waals surface area contributed by atoms with E-state index < -0.39 is 30.9 Å². The maximum absolute atomic E-state index is 11.3. The van der Waals surface area contributed by atoms with Gasteiger partial charge in [-0.25, -0.2) is 0 Å². The van der Waals surface area contributed by atoms with E-state index in [0.29, 0.717) is 17.2 Å². The second kappa shape index (κ2) is 8.08. The molecule has 0 unspecified atom stereocenters. The quantitative estimate of drug-likeness (QED) is 0.615. The molecular formula is C16H19NO5STe. The van der Waals surface area contributed by atoms with E-state index in [1.165, 1.54) is 12.1 Å². The summed E-state index contributed by atoms with van der Waals surface area (Å²) in [6, 6.07) is 10.6. The van der Waals surface area contributed by atoms with E-state index in [1.807, 2.05) is 12.1 Å². The Kier molecular flexibility index (Phi) is 6.35. The van der Waals surface area contributed by atoms with Crippen LogP contribution in [0, 0.1) is 0 Å². The molecule has 2 rings (SSSR count). The molecule has 0 heterocycles. The molecule has 2 N–H and O–H groups in total. The Morgan fingerprint density at radius 1 is 0.958 bits per heavy atom. The van der Waals surface area contributed by atoms with Gasteiger partial charge in [0.2, 0.25) is 0 Å². The fourth-order valence-corrected chi connectivity index (χ4v) is 5.19. The first kappa shape index (κ1) is 18.9. The van der Waals surface area contributed by atoms with Crippen molar-refractivity contribution >= 4 is 34.6 Å². The van der Waals surface area contributed by atoms with Gasteiger partial charge in [0.25, 0.3) is 0 Å². The molecule has 0 saturated heterocycles. The summed E-state index contributed by atoms with van der Waals surface area (Å²) in [4.78, 5) is 0.125. The van der Waals surface area contributed by atoms with Crippen molar-refractivity contribution < 1.29 is 22.6 Å². The predicted molar refractivity (Wildman–Crippen MR) is 93.0 cm³/mol. The summed E-state index contributed by atoms with van der Waals surface area (Å²) in [5.74, 6) is 1.86. The first-order valence-electron chi connectivity index (χ1n) is 6.93. The van der Waals surface area contributed by atoms with Gasteiger partial charge in [-0.3, -0.25) is 0 Å². The fraction of sp³-hybridized carbons (Fsp3) is 0.250. The number of benzene rings is 2. The van der Waals surface area contributed by atoms with E-state index in [4.69, 9.17) is 19.3 Å². The van der Waals surface area contributed by atoms with Gasteiger partial charge in [0.1, 0.15) is 0 Å². The van der Waals surface area contributed by atoms with Crippen LogP contribution in [-0.4, -0.2) is 50.7 Å². The van der Waals surface area contributed by atoms with Crippen LogP contribution in [0.25, 0.3) is 0 Å². The molecule has 0 spiro atoms. The van der Waals surface area contributed by atoms with Crippen LogP contribution in [-0.2, 0) is 14.5 Å². The van der Waals surface area contributed by atoms with Crippen molar-refractivity contribution in [2.45, 2.75) is 9.36 Å². The molecule has 0 aliphatic heterocycles. The van der Waals surface area contributed by atoms with Crippen molar-refractivity contribution in [2.75, 3.05) is 21.3 Å². The Hall–Kier alpha value is -1.46. The van der Waals surface area contributed by atoms with Gasteiger partial charge in [-0.15, -0.1) is 0 Å². The molecule has 0 atom stereocenters. The molecule has 0 aliphatic carbocycles. The SMILES string of the molecule is COc1cc([Te]Cc2ccc(S(N)(=O)=O)cc2)cc(OC)c1OC. The number of ether oxygens (including phenoxy) is 3. The average Bonchev–Trinajstić information content (AvgIpc) is 2.58. The first-order valence-corrected chi connectivity index (χ1v) is 11.3. The molecule has 0 fully saturated rings. The third kappa shape index (κ3) is 4.54. The molecule has 0 aliphatic rings. The minimum absolute atomic E-state index is 0.125. The summed E-state index contributed by atoms with van der Waals surface area (Å²) in [6.45, 7) is 0. The van der Waals surface area contributed by atoms with Gasteiger partial charge in [0, 0.05) is 0 Å². The van der Waals surface area contributed by atoms with Crippen LogP contribution < -0.4 is 23.0 Å². The number of methoxy groups -OCH3 is 3. The summed E-state index contributed by atoms with van der Waals surface area (Å²) >= 11 is -0.549. The fourth-order valence-electron chi connectivity index (χ4n) is 2.08. The molecule has 2 aromatic carbocycles. The zero-order valence-electron chi connectivity index (χ0n) is 13.6. The Morgan fingerprint density at radius 2 is 1.50 bits per heavy atom. The van der Waals surface area contributed by atoms with Crippen molar-refractivity contribution in [2.24, 2.45) is 5.14 Å². The number of hydrogen-bond donors (Lipinski definition) is 1. The second-order valence-electron chi connectivity index (χ2n) is 4.84. The van der Waals surface area contributed by atoms with Gasteiger partial charge in [0.15, 0.2) is 0 Å². The molecule has 130 valence electrons. The van der Waals surface area contributed by atoms with E-state index >= 15 is 0 Å². The van der Waals surface area contributed by atoms with Crippen LogP contribution in [0.5, 0.6) is 17.2 Å². The minimum atomic E-state index is -3.65.